The normalized spacial score (nSPS) is 16.8. The molecular weight excluding hydrogens is 432 g/mol. The van der Waals surface area contributed by atoms with E-state index in [0.717, 1.165) is 0 Å². The highest BCUT2D eigenvalue weighted by molar-refractivity contribution is 7.91. The molecule has 1 aliphatic rings. The number of ether oxygens (including phenoxy) is 1. The molecule has 168 valence electrons. The van der Waals surface area contributed by atoms with E-state index in [1.807, 2.05) is 6.07 Å². The van der Waals surface area contributed by atoms with Gasteiger partial charge in [-0.1, -0.05) is 0 Å². The van der Waals surface area contributed by atoms with Crippen LogP contribution in [0.5, 0.6) is 0 Å². The van der Waals surface area contributed by atoms with Gasteiger partial charge in [-0.2, -0.15) is 5.26 Å². The van der Waals surface area contributed by atoms with E-state index in [1.54, 1.807) is 45.0 Å². The summed E-state index contributed by atoms with van der Waals surface area (Å²) < 4.78 is 30.3. The molecule has 0 bridgehead atoms. The summed E-state index contributed by atoms with van der Waals surface area (Å²) >= 11 is 0. The molecule has 1 aliphatic heterocycles. The van der Waals surface area contributed by atoms with Gasteiger partial charge in [0.15, 0.2) is 9.84 Å². The molecule has 1 atom stereocenters. The van der Waals surface area contributed by atoms with Crippen molar-refractivity contribution < 1.29 is 22.7 Å². The van der Waals surface area contributed by atoms with E-state index in [0.29, 0.717) is 22.5 Å². The number of carbonyl (C=O) groups is 2. The Bertz CT molecular complexity index is 1180. The zero-order valence-electron chi connectivity index (χ0n) is 17.9. The molecule has 0 aliphatic carbocycles. The number of fused-ring (bicyclic) bond motifs is 1. The third-order valence-corrected chi connectivity index (χ3v) is 6.43. The minimum absolute atomic E-state index is 0.110. The minimum atomic E-state index is -3.50. The number of rotatable bonds is 3. The predicted octanol–water partition coefficient (Wildman–Crippen LogP) is 3.95. The lowest BCUT2D eigenvalue weighted by Crippen LogP contribution is -2.36. The fourth-order valence-corrected chi connectivity index (χ4v) is 4.85. The van der Waals surface area contributed by atoms with Gasteiger partial charge in [0.25, 0.3) is 0 Å². The summed E-state index contributed by atoms with van der Waals surface area (Å²) in [4.78, 5) is 24.7. The maximum atomic E-state index is 12.5. The number of hydrogen-bond acceptors (Lipinski definition) is 6. The highest BCUT2D eigenvalue weighted by atomic mass is 32.2. The molecule has 0 aromatic heterocycles. The van der Waals surface area contributed by atoms with Crippen molar-refractivity contribution in [2.45, 2.75) is 43.7 Å². The predicted molar refractivity (Wildman–Crippen MR) is 119 cm³/mol. The molecule has 32 heavy (non-hydrogen) atoms. The topological polar surface area (TPSA) is 137 Å². The van der Waals surface area contributed by atoms with Crippen LogP contribution in [0.15, 0.2) is 47.4 Å². The monoisotopic (exact) mass is 456 g/mol. The third-order valence-electron chi connectivity index (χ3n) is 4.62. The minimum Gasteiger partial charge on any atom is -0.444 e. The van der Waals surface area contributed by atoms with E-state index in [1.165, 1.54) is 18.2 Å². The molecule has 0 saturated heterocycles. The maximum Gasteiger partial charge on any atom is 0.412 e. The molecule has 1 heterocycles. The van der Waals surface area contributed by atoms with Crippen LogP contribution in [0.25, 0.3) is 0 Å². The third kappa shape index (κ3) is 5.76. The van der Waals surface area contributed by atoms with E-state index in [9.17, 15) is 18.0 Å². The molecule has 0 spiro atoms. The van der Waals surface area contributed by atoms with Crippen molar-refractivity contribution in [3.63, 3.8) is 0 Å². The van der Waals surface area contributed by atoms with E-state index in [2.05, 4.69) is 16.0 Å². The molecule has 0 saturated carbocycles. The number of urea groups is 1. The van der Waals surface area contributed by atoms with Gasteiger partial charge in [0.2, 0.25) is 0 Å². The molecule has 0 fully saturated rings. The second-order valence-corrected chi connectivity index (χ2v) is 10.4. The second kappa shape index (κ2) is 8.88. The van der Waals surface area contributed by atoms with Crippen LogP contribution in [-0.2, 0) is 14.6 Å². The smallest absolute Gasteiger partial charge is 0.412 e. The van der Waals surface area contributed by atoms with Crippen LogP contribution in [0.4, 0.5) is 21.0 Å². The van der Waals surface area contributed by atoms with Crippen LogP contribution < -0.4 is 16.0 Å². The SMILES string of the molecule is CC(C)(C)OC(=O)Nc1ccc2c(c1)[C@@H](NC(=O)Nc1ccc(C#N)cc1)CCS2(=O)=O. The van der Waals surface area contributed by atoms with Crippen LogP contribution in [-0.4, -0.2) is 31.9 Å². The van der Waals surface area contributed by atoms with Crippen LogP contribution in [0.3, 0.4) is 0 Å². The second-order valence-electron chi connectivity index (χ2n) is 8.33. The molecule has 0 radical (unpaired) electrons. The van der Waals surface area contributed by atoms with Crippen LogP contribution in [0, 0.1) is 11.3 Å². The number of nitriles is 1. The molecule has 3 N–H and O–H groups in total. The summed E-state index contributed by atoms with van der Waals surface area (Å²) in [7, 11) is -3.50. The number of sulfone groups is 1. The number of benzene rings is 2. The summed E-state index contributed by atoms with van der Waals surface area (Å²) in [6.45, 7) is 5.20. The Balaban J connectivity index is 1.79. The molecular formula is C22H24N4O5S. The lowest BCUT2D eigenvalue weighted by atomic mass is 10.0. The van der Waals surface area contributed by atoms with Gasteiger partial charge in [-0.25, -0.2) is 18.0 Å². The molecule has 3 amide bonds. The zero-order chi connectivity index (χ0) is 23.5. The first kappa shape index (κ1) is 23.1. The van der Waals surface area contributed by atoms with Crippen LogP contribution >= 0.6 is 0 Å². The van der Waals surface area contributed by atoms with Gasteiger partial charge in [-0.05, 0) is 75.2 Å². The Hall–Kier alpha value is -3.58. The number of amides is 3. The Morgan fingerprint density at radius 1 is 1.06 bits per heavy atom. The standard InChI is InChI=1S/C22H24N4O5S/c1-22(2,3)31-21(28)25-16-8-9-19-17(12-16)18(10-11-32(19,29)30)26-20(27)24-15-6-4-14(13-23)5-7-15/h4-9,12,18H,10-11H2,1-3H3,(H,25,28)(H2,24,26,27)/t18-/m0/s1. The lowest BCUT2D eigenvalue weighted by molar-refractivity contribution is 0.0636. The molecule has 0 unspecified atom stereocenters. The Kier molecular flexibility index (Phi) is 6.41. The van der Waals surface area contributed by atoms with Crippen molar-refractivity contribution in [3.05, 3.63) is 53.6 Å². The number of nitrogens with zero attached hydrogens (tertiary/aromatic N) is 1. The highest BCUT2D eigenvalue weighted by Crippen LogP contribution is 2.34. The van der Waals surface area contributed by atoms with Gasteiger partial charge in [-0.3, -0.25) is 5.32 Å². The van der Waals surface area contributed by atoms with Crippen LogP contribution in [0.2, 0.25) is 0 Å². The fraction of sp³-hybridized carbons (Fsp3) is 0.318. The molecule has 10 heteroatoms. The average molecular weight is 457 g/mol. The molecule has 2 aromatic rings. The van der Waals surface area contributed by atoms with Crippen molar-refractivity contribution in [1.29, 1.82) is 5.26 Å². The number of anilines is 2. The summed E-state index contributed by atoms with van der Waals surface area (Å²) in [5.74, 6) is -0.110. The van der Waals surface area contributed by atoms with Crippen molar-refractivity contribution in [2.75, 3.05) is 16.4 Å². The quantitative estimate of drug-likeness (QED) is 0.639. The Morgan fingerprint density at radius 2 is 1.72 bits per heavy atom. The van der Waals surface area contributed by atoms with Crippen LogP contribution in [0.1, 0.15) is 44.4 Å². The summed E-state index contributed by atoms with van der Waals surface area (Å²) in [5, 5.41) is 16.9. The summed E-state index contributed by atoms with van der Waals surface area (Å²) in [6.07, 6.45) is -0.481. The number of nitrogens with one attached hydrogen (secondary N) is 3. The Morgan fingerprint density at radius 3 is 2.34 bits per heavy atom. The highest BCUT2D eigenvalue weighted by Gasteiger charge is 2.31. The van der Waals surface area contributed by atoms with E-state index < -0.39 is 33.6 Å². The van der Waals surface area contributed by atoms with Crippen molar-refractivity contribution in [2.24, 2.45) is 0 Å². The molecule has 2 aromatic carbocycles. The van der Waals surface area contributed by atoms with Gasteiger partial charge in [0.05, 0.1) is 28.3 Å². The summed E-state index contributed by atoms with van der Waals surface area (Å²) in [5.41, 5.74) is 1.02. The first-order valence-electron chi connectivity index (χ1n) is 9.91. The lowest BCUT2D eigenvalue weighted by Gasteiger charge is -2.27. The zero-order valence-corrected chi connectivity index (χ0v) is 18.7. The largest absolute Gasteiger partial charge is 0.444 e. The van der Waals surface area contributed by atoms with Crippen molar-refractivity contribution >= 4 is 33.3 Å². The number of carbonyl (C=O) groups excluding carboxylic acids is 2. The molecule has 3 rings (SSSR count). The number of hydrogen-bond donors (Lipinski definition) is 3. The van der Waals surface area contributed by atoms with Crippen molar-refractivity contribution in [3.8, 4) is 6.07 Å². The van der Waals surface area contributed by atoms with E-state index >= 15 is 0 Å². The van der Waals surface area contributed by atoms with E-state index in [-0.39, 0.29) is 17.1 Å². The first-order valence-corrected chi connectivity index (χ1v) is 11.6. The maximum absolute atomic E-state index is 12.5. The van der Waals surface area contributed by atoms with Gasteiger partial charge in [0, 0.05) is 11.4 Å². The first-order chi connectivity index (χ1) is 15.0. The van der Waals surface area contributed by atoms with Gasteiger partial charge in [0.1, 0.15) is 5.60 Å². The van der Waals surface area contributed by atoms with Crippen molar-refractivity contribution in [1.82, 2.24) is 5.32 Å². The van der Waals surface area contributed by atoms with Gasteiger partial charge in [-0.15, -0.1) is 0 Å². The van der Waals surface area contributed by atoms with E-state index in [4.69, 9.17) is 10.00 Å². The molecule has 9 nitrogen and oxygen atoms in total. The fourth-order valence-electron chi connectivity index (χ4n) is 3.25. The Labute approximate surface area is 186 Å². The van der Waals surface area contributed by atoms with Gasteiger partial charge >= 0.3 is 12.1 Å². The van der Waals surface area contributed by atoms with Gasteiger partial charge < -0.3 is 15.4 Å². The summed E-state index contributed by atoms with van der Waals surface area (Å²) in [6, 6.07) is 11.7. The average Bonchev–Trinajstić information content (AvgIpc) is 2.69.